The first-order chi connectivity index (χ1) is 9.02. The number of benzene rings is 1. The topological polar surface area (TPSA) is 39.2 Å². The third kappa shape index (κ3) is 2.89. The molecule has 0 aliphatic carbocycles. The second-order valence-electron chi connectivity index (χ2n) is 4.55. The molecule has 0 amide bonds. The number of pyridine rings is 1. The lowest BCUT2D eigenvalue weighted by Crippen LogP contribution is -2.04. The summed E-state index contributed by atoms with van der Waals surface area (Å²) in [4.78, 5) is 15.9. The Morgan fingerprint density at radius 3 is 2.68 bits per heavy atom. The second kappa shape index (κ2) is 5.61. The fraction of sp³-hybridized carbons (Fsp3) is 0.333. The summed E-state index contributed by atoms with van der Waals surface area (Å²) in [5.74, 6) is 0.0630. The van der Waals surface area contributed by atoms with Crippen LogP contribution < -0.4 is 0 Å². The van der Waals surface area contributed by atoms with Crippen LogP contribution in [-0.2, 0) is 9.53 Å². The van der Waals surface area contributed by atoms with E-state index < -0.39 is 0 Å². The molecule has 4 heteroatoms. The number of aromatic nitrogens is 1. The Morgan fingerprint density at radius 2 is 2.00 bits per heavy atom. The number of aryl methyl sites for hydroxylation is 3. The summed E-state index contributed by atoms with van der Waals surface area (Å²) in [6.45, 7) is 6.17. The summed E-state index contributed by atoms with van der Waals surface area (Å²) in [6.07, 6.45) is 0. The molecule has 3 nitrogen and oxygen atoms in total. The van der Waals surface area contributed by atoms with Crippen molar-refractivity contribution >= 4 is 28.6 Å². The number of thioether (sulfide) groups is 1. The summed E-state index contributed by atoms with van der Waals surface area (Å²) in [5.41, 5.74) is 4.52. The highest BCUT2D eigenvalue weighted by molar-refractivity contribution is 7.99. The first-order valence-corrected chi connectivity index (χ1v) is 7.08. The molecule has 0 N–H and O–H groups in total. The van der Waals surface area contributed by atoms with Crippen molar-refractivity contribution in [2.75, 3.05) is 12.9 Å². The van der Waals surface area contributed by atoms with E-state index in [2.05, 4.69) is 36.8 Å². The van der Waals surface area contributed by atoms with E-state index in [4.69, 9.17) is 4.98 Å². The van der Waals surface area contributed by atoms with Crippen LogP contribution in [0.4, 0.5) is 0 Å². The first kappa shape index (κ1) is 13.9. The summed E-state index contributed by atoms with van der Waals surface area (Å²) in [6, 6.07) is 6.32. The van der Waals surface area contributed by atoms with Crippen LogP contribution in [0.2, 0.25) is 0 Å². The van der Waals surface area contributed by atoms with Crippen molar-refractivity contribution in [3.05, 3.63) is 34.9 Å². The summed E-state index contributed by atoms with van der Waals surface area (Å²) < 4.78 is 4.65. The number of carbonyl (C=O) groups is 1. The van der Waals surface area contributed by atoms with Gasteiger partial charge in [-0.15, -0.1) is 0 Å². The number of methoxy groups -OCH3 is 1. The first-order valence-electron chi connectivity index (χ1n) is 6.10. The van der Waals surface area contributed by atoms with Crippen LogP contribution >= 0.6 is 11.8 Å². The Balaban J connectivity index is 2.42. The predicted molar refractivity (Wildman–Crippen MR) is 78.7 cm³/mol. The number of carbonyl (C=O) groups excluding carboxylic acids is 1. The van der Waals surface area contributed by atoms with E-state index >= 15 is 0 Å². The fourth-order valence-electron chi connectivity index (χ4n) is 1.90. The standard InChI is InChI=1S/C15H17NO2S/c1-9-5-6-12-7-10(2)15(16-14(12)11(9)3)19-8-13(17)18-4/h5-7H,8H2,1-4H3. The monoisotopic (exact) mass is 275 g/mol. The van der Waals surface area contributed by atoms with Gasteiger partial charge in [-0.1, -0.05) is 23.9 Å². The molecule has 1 aromatic heterocycles. The molecular formula is C15H17NO2S. The average molecular weight is 275 g/mol. The van der Waals surface area contributed by atoms with Gasteiger partial charge in [-0.3, -0.25) is 4.79 Å². The lowest BCUT2D eigenvalue weighted by atomic mass is 10.0. The van der Waals surface area contributed by atoms with E-state index in [0.29, 0.717) is 5.75 Å². The zero-order valence-electron chi connectivity index (χ0n) is 11.6. The van der Waals surface area contributed by atoms with Gasteiger partial charge >= 0.3 is 5.97 Å². The Kier molecular flexibility index (Phi) is 4.10. The van der Waals surface area contributed by atoms with Gasteiger partial charge in [0.15, 0.2) is 0 Å². The van der Waals surface area contributed by atoms with Gasteiger partial charge in [-0.2, -0.15) is 0 Å². The van der Waals surface area contributed by atoms with Crippen molar-refractivity contribution in [3.63, 3.8) is 0 Å². The molecule has 0 bridgehead atoms. The molecule has 19 heavy (non-hydrogen) atoms. The summed E-state index contributed by atoms with van der Waals surface area (Å²) in [5, 5.41) is 2.04. The Bertz CT molecular complexity index is 638. The van der Waals surface area contributed by atoms with Crippen molar-refractivity contribution < 1.29 is 9.53 Å². The molecule has 0 spiro atoms. The molecule has 2 aromatic rings. The van der Waals surface area contributed by atoms with E-state index in [-0.39, 0.29) is 5.97 Å². The normalized spacial score (nSPS) is 10.7. The van der Waals surface area contributed by atoms with E-state index in [9.17, 15) is 4.79 Å². The van der Waals surface area contributed by atoms with Crippen LogP contribution in [-0.4, -0.2) is 23.8 Å². The third-order valence-corrected chi connectivity index (χ3v) is 4.28. The minimum atomic E-state index is -0.229. The number of nitrogens with zero attached hydrogens (tertiary/aromatic N) is 1. The van der Waals surface area contributed by atoms with E-state index in [1.807, 2.05) is 6.92 Å². The maximum absolute atomic E-state index is 11.2. The van der Waals surface area contributed by atoms with Crippen molar-refractivity contribution in [3.8, 4) is 0 Å². The fourth-order valence-corrected chi connectivity index (χ4v) is 2.72. The van der Waals surface area contributed by atoms with E-state index in [1.54, 1.807) is 0 Å². The number of hydrogen-bond donors (Lipinski definition) is 0. The number of rotatable bonds is 3. The molecule has 1 heterocycles. The van der Waals surface area contributed by atoms with Crippen molar-refractivity contribution in [2.24, 2.45) is 0 Å². The minimum Gasteiger partial charge on any atom is -0.468 e. The van der Waals surface area contributed by atoms with Crippen LogP contribution in [0.5, 0.6) is 0 Å². The summed E-state index contributed by atoms with van der Waals surface area (Å²) in [7, 11) is 1.40. The molecule has 0 saturated carbocycles. The smallest absolute Gasteiger partial charge is 0.316 e. The minimum absolute atomic E-state index is 0.229. The Labute approximate surface area is 117 Å². The molecule has 0 aliphatic rings. The molecule has 0 saturated heterocycles. The molecule has 0 atom stereocenters. The van der Waals surface area contributed by atoms with Gasteiger partial charge in [0.05, 0.1) is 18.4 Å². The van der Waals surface area contributed by atoms with Crippen LogP contribution in [0.15, 0.2) is 23.2 Å². The predicted octanol–water partition coefficient (Wildman–Crippen LogP) is 3.43. The van der Waals surface area contributed by atoms with Crippen LogP contribution in [0.25, 0.3) is 10.9 Å². The molecule has 0 fully saturated rings. The van der Waals surface area contributed by atoms with Crippen molar-refractivity contribution in [2.45, 2.75) is 25.8 Å². The molecule has 1 aromatic carbocycles. The molecule has 0 unspecified atom stereocenters. The van der Waals surface area contributed by atoms with Gasteiger partial charge in [0, 0.05) is 5.39 Å². The van der Waals surface area contributed by atoms with Gasteiger partial charge in [-0.25, -0.2) is 4.98 Å². The molecule has 100 valence electrons. The number of fused-ring (bicyclic) bond motifs is 1. The van der Waals surface area contributed by atoms with Crippen LogP contribution in [0.3, 0.4) is 0 Å². The lowest BCUT2D eigenvalue weighted by Gasteiger charge is -2.09. The zero-order chi connectivity index (χ0) is 14.0. The molecule has 0 aliphatic heterocycles. The number of ether oxygens (including phenoxy) is 1. The molecule has 0 radical (unpaired) electrons. The lowest BCUT2D eigenvalue weighted by molar-refractivity contribution is -0.137. The van der Waals surface area contributed by atoms with Crippen LogP contribution in [0.1, 0.15) is 16.7 Å². The highest BCUT2D eigenvalue weighted by atomic mass is 32.2. The van der Waals surface area contributed by atoms with Gasteiger partial charge in [0.25, 0.3) is 0 Å². The maximum atomic E-state index is 11.2. The SMILES string of the molecule is COC(=O)CSc1nc2c(C)c(C)ccc2cc1C. The largest absolute Gasteiger partial charge is 0.468 e. The maximum Gasteiger partial charge on any atom is 0.316 e. The van der Waals surface area contributed by atoms with Gasteiger partial charge in [0.2, 0.25) is 0 Å². The van der Waals surface area contributed by atoms with Crippen LogP contribution in [0, 0.1) is 20.8 Å². The quantitative estimate of drug-likeness (QED) is 0.635. The van der Waals surface area contributed by atoms with E-state index in [1.165, 1.54) is 30.0 Å². The zero-order valence-corrected chi connectivity index (χ0v) is 12.4. The van der Waals surface area contributed by atoms with Crippen molar-refractivity contribution in [1.29, 1.82) is 0 Å². The second-order valence-corrected chi connectivity index (χ2v) is 5.52. The van der Waals surface area contributed by atoms with E-state index in [0.717, 1.165) is 21.5 Å². The number of esters is 1. The highest BCUT2D eigenvalue weighted by Gasteiger charge is 2.09. The Hall–Kier alpha value is -1.55. The number of hydrogen-bond acceptors (Lipinski definition) is 4. The highest BCUT2D eigenvalue weighted by Crippen LogP contribution is 2.27. The molecular weight excluding hydrogens is 258 g/mol. The Morgan fingerprint density at radius 1 is 1.26 bits per heavy atom. The van der Waals surface area contributed by atoms with Gasteiger partial charge in [0.1, 0.15) is 5.03 Å². The molecule has 2 rings (SSSR count). The van der Waals surface area contributed by atoms with Gasteiger partial charge < -0.3 is 4.74 Å². The third-order valence-electron chi connectivity index (χ3n) is 3.21. The van der Waals surface area contributed by atoms with Gasteiger partial charge in [-0.05, 0) is 43.5 Å². The average Bonchev–Trinajstić information content (AvgIpc) is 2.41. The summed E-state index contributed by atoms with van der Waals surface area (Å²) >= 11 is 1.42. The van der Waals surface area contributed by atoms with Crippen molar-refractivity contribution in [1.82, 2.24) is 4.98 Å².